The highest BCUT2D eigenvalue weighted by molar-refractivity contribution is 5.86. The third-order valence-corrected chi connectivity index (χ3v) is 4.33. The number of hydrogen-bond acceptors (Lipinski definition) is 5. The van der Waals surface area contributed by atoms with Crippen LogP contribution in [-0.2, 0) is 25.5 Å². The highest BCUT2D eigenvalue weighted by atomic mass is 16.6. The van der Waals surface area contributed by atoms with Crippen LogP contribution in [-0.4, -0.2) is 78.4 Å². The molecule has 0 saturated carbocycles. The zero-order valence-electron chi connectivity index (χ0n) is 15.0. The van der Waals surface area contributed by atoms with Gasteiger partial charge in [-0.2, -0.15) is 0 Å². The maximum atomic E-state index is 12.5. The molecule has 1 aliphatic rings. The summed E-state index contributed by atoms with van der Waals surface area (Å²) in [4.78, 5) is 39.0. The van der Waals surface area contributed by atoms with Crippen LogP contribution in [0.25, 0.3) is 0 Å². The van der Waals surface area contributed by atoms with Gasteiger partial charge in [0.2, 0.25) is 12.0 Å². The minimum Gasteiger partial charge on any atom is -0.478 e. The molecule has 1 N–H and O–H groups in total. The lowest BCUT2D eigenvalue weighted by Gasteiger charge is -2.32. The van der Waals surface area contributed by atoms with E-state index in [1.54, 1.807) is 36.1 Å². The molecule has 26 heavy (non-hydrogen) atoms. The summed E-state index contributed by atoms with van der Waals surface area (Å²) in [7, 11) is 1.42. The van der Waals surface area contributed by atoms with Gasteiger partial charge in [-0.1, -0.05) is 30.3 Å². The Morgan fingerprint density at radius 3 is 2.42 bits per heavy atom. The number of carbonyl (C=O) groups excluding carboxylic acids is 2. The van der Waals surface area contributed by atoms with Gasteiger partial charge in [0.05, 0.1) is 13.2 Å². The molecule has 0 aromatic heterocycles. The Balaban J connectivity index is 1.96. The number of carbonyl (C=O) groups is 3. The van der Waals surface area contributed by atoms with Crippen LogP contribution >= 0.6 is 0 Å². The van der Waals surface area contributed by atoms with Crippen molar-refractivity contribution in [3.63, 3.8) is 0 Å². The molecule has 2 amide bonds. The van der Waals surface area contributed by atoms with Gasteiger partial charge < -0.3 is 19.5 Å². The fraction of sp³-hybridized carbons (Fsp3) is 0.500. The van der Waals surface area contributed by atoms with Crippen molar-refractivity contribution in [3.05, 3.63) is 35.9 Å². The highest BCUT2D eigenvalue weighted by Crippen LogP contribution is 2.11. The topological polar surface area (TPSA) is 96.4 Å². The molecule has 1 aromatic rings. The molecule has 1 heterocycles. The van der Waals surface area contributed by atoms with Crippen LogP contribution < -0.4 is 0 Å². The number of ether oxygens (including phenoxy) is 2. The number of amides is 2. The number of nitrogens with zero attached hydrogens (tertiary/aromatic N) is 2. The summed E-state index contributed by atoms with van der Waals surface area (Å²) in [5.74, 6) is -1.45. The maximum Gasteiger partial charge on any atom is 0.411 e. The van der Waals surface area contributed by atoms with Gasteiger partial charge in [-0.25, -0.2) is 9.59 Å². The second kappa shape index (κ2) is 9.19. The first-order chi connectivity index (χ1) is 12.4. The number of likely N-dealkylation sites (N-methyl/N-ethyl adjacent to an activating group) is 1. The number of benzene rings is 1. The average molecular weight is 364 g/mol. The van der Waals surface area contributed by atoms with Crippen molar-refractivity contribution in [2.75, 3.05) is 33.4 Å². The van der Waals surface area contributed by atoms with Gasteiger partial charge in [-0.15, -0.1) is 0 Å². The average Bonchev–Trinajstić information content (AvgIpc) is 2.67. The summed E-state index contributed by atoms with van der Waals surface area (Å²) < 4.78 is 10.3. The third-order valence-electron chi connectivity index (χ3n) is 4.33. The zero-order valence-corrected chi connectivity index (χ0v) is 15.0. The van der Waals surface area contributed by atoms with E-state index in [-0.39, 0.29) is 12.3 Å². The van der Waals surface area contributed by atoms with Gasteiger partial charge in [0.15, 0.2) is 0 Å². The highest BCUT2D eigenvalue weighted by Gasteiger charge is 2.31. The van der Waals surface area contributed by atoms with Gasteiger partial charge in [-0.3, -0.25) is 9.69 Å². The molecule has 142 valence electrons. The van der Waals surface area contributed by atoms with Crippen LogP contribution in [0.3, 0.4) is 0 Å². The van der Waals surface area contributed by atoms with Crippen LogP contribution in [0.1, 0.15) is 12.5 Å². The summed E-state index contributed by atoms with van der Waals surface area (Å²) >= 11 is 0. The molecule has 0 spiro atoms. The van der Waals surface area contributed by atoms with Crippen molar-refractivity contribution in [2.24, 2.45) is 0 Å². The molecule has 1 aliphatic heterocycles. The van der Waals surface area contributed by atoms with E-state index in [1.165, 1.54) is 7.05 Å². The largest absolute Gasteiger partial charge is 0.478 e. The predicted octanol–water partition coefficient (Wildman–Crippen LogP) is 0.998. The van der Waals surface area contributed by atoms with Crippen LogP contribution in [0.4, 0.5) is 4.79 Å². The Kier molecular flexibility index (Phi) is 6.97. The van der Waals surface area contributed by atoms with Crippen molar-refractivity contribution < 1.29 is 29.0 Å². The second-order valence-electron chi connectivity index (χ2n) is 6.12. The Bertz CT molecular complexity index is 630. The molecule has 8 nitrogen and oxygen atoms in total. The van der Waals surface area contributed by atoms with Gasteiger partial charge in [0.25, 0.3) is 0 Å². The predicted molar refractivity (Wildman–Crippen MR) is 92.7 cm³/mol. The van der Waals surface area contributed by atoms with E-state index in [2.05, 4.69) is 0 Å². The smallest absolute Gasteiger partial charge is 0.411 e. The molecular formula is C18H24N2O6. The Morgan fingerprint density at radius 1 is 1.23 bits per heavy atom. The SMILES string of the molecule is C[C@H](C(=O)N1CCOCC1)N(C)C(=O)O[C@@H](Cc1ccccc1)C(=O)O. The molecule has 8 heteroatoms. The first kappa shape index (κ1) is 19.7. The first-order valence-corrected chi connectivity index (χ1v) is 8.47. The molecule has 0 bridgehead atoms. The monoisotopic (exact) mass is 364 g/mol. The van der Waals surface area contributed by atoms with E-state index < -0.39 is 24.2 Å². The van der Waals surface area contributed by atoms with Crippen molar-refractivity contribution in [1.29, 1.82) is 0 Å². The van der Waals surface area contributed by atoms with Crippen molar-refractivity contribution >= 4 is 18.0 Å². The normalized spacial score (nSPS) is 16.5. The lowest BCUT2D eigenvalue weighted by molar-refractivity contribution is -0.147. The van der Waals surface area contributed by atoms with Crippen LogP contribution in [0, 0.1) is 0 Å². The van der Waals surface area contributed by atoms with Crippen LogP contribution in [0.2, 0.25) is 0 Å². The summed E-state index contributed by atoms with van der Waals surface area (Å²) in [6.07, 6.45) is -2.11. The van der Waals surface area contributed by atoms with E-state index in [1.807, 2.05) is 6.07 Å². The molecule has 1 saturated heterocycles. The molecule has 1 aromatic carbocycles. The van der Waals surface area contributed by atoms with Crippen LogP contribution in [0.15, 0.2) is 30.3 Å². The number of morpholine rings is 1. The number of rotatable bonds is 6. The minimum absolute atomic E-state index is 0.0571. The maximum absolute atomic E-state index is 12.5. The van der Waals surface area contributed by atoms with Crippen molar-refractivity contribution in [1.82, 2.24) is 9.80 Å². The van der Waals surface area contributed by atoms with E-state index in [0.717, 1.165) is 10.5 Å². The Morgan fingerprint density at radius 2 is 1.85 bits per heavy atom. The molecule has 0 unspecified atom stereocenters. The van der Waals surface area contributed by atoms with E-state index in [4.69, 9.17) is 9.47 Å². The molecular weight excluding hydrogens is 340 g/mol. The Hall–Kier alpha value is -2.61. The minimum atomic E-state index is -1.32. The lowest BCUT2D eigenvalue weighted by Crippen LogP contribution is -2.51. The fourth-order valence-corrected chi connectivity index (χ4v) is 2.58. The molecule has 2 atom stereocenters. The molecule has 0 aliphatic carbocycles. The fourth-order valence-electron chi connectivity index (χ4n) is 2.58. The number of aliphatic carboxylic acids is 1. The van der Waals surface area contributed by atoms with E-state index in [9.17, 15) is 19.5 Å². The quantitative estimate of drug-likeness (QED) is 0.809. The second-order valence-corrected chi connectivity index (χ2v) is 6.12. The summed E-state index contributed by atoms with van der Waals surface area (Å²) in [6.45, 7) is 3.46. The molecule has 0 radical (unpaired) electrons. The molecule has 2 rings (SSSR count). The zero-order chi connectivity index (χ0) is 19.1. The van der Waals surface area contributed by atoms with E-state index >= 15 is 0 Å². The standard InChI is InChI=1S/C18H24N2O6/c1-13(16(21)20-8-10-25-11-9-20)19(2)18(24)26-15(17(22)23)12-14-6-4-3-5-7-14/h3-7,13,15H,8-12H2,1-2H3,(H,22,23)/t13-,15+/m1/s1. The Labute approximate surface area is 152 Å². The first-order valence-electron chi connectivity index (χ1n) is 8.47. The molecule has 1 fully saturated rings. The van der Waals surface area contributed by atoms with Crippen LogP contribution in [0.5, 0.6) is 0 Å². The van der Waals surface area contributed by atoms with Gasteiger partial charge in [0, 0.05) is 26.6 Å². The lowest BCUT2D eigenvalue weighted by atomic mass is 10.1. The van der Waals surface area contributed by atoms with Gasteiger partial charge in [0.1, 0.15) is 6.04 Å². The van der Waals surface area contributed by atoms with Crippen molar-refractivity contribution in [2.45, 2.75) is 25.5 Å². The number of hydrogen-bond donors (Lipinski definition) is 1. The number of carboxylic acid groups (broad SMARTS) is 1. The van der Waals surface area contributed by atoms with Gasteiger partial charge >= 0.3 is 12.1 Å². The number of carboxylic acids is 1. The summed E-state index contributed by atoms with van der Waals surface area (Å²) in [6, 6.07) is 8.15. The van der Waals surface area contributed by atoms with Gasteiger partial charge in [-0.05, 0) is 12.5 Å². The summed E-state index contributed by atoms with van der Waals surface area (Å²) in [5.41, 5.74) is 0.743. The van der Waals surface area contributed by atoms with Crippen molar-refractivity contribution in [3.8, 4) is 0 Å². The third kappa shape index (κ3) is 5.19. The summed E-state index contributed by atoms with van der Waals surface area (Å²) in [5, 5.41) is 9.33. The van der Waals surface area contributed by atoms with E-state index in [0.29, 0.717) is 26.3 Å².